The molecule has 2 aromatic rings. The Hall–Kier alpha value is -2.23. The molecule has 0 aliphatic rings. The molecule has 0 saturated carbocycles. The average Bonchev–Trinajstić information content (AvgIpc) is 2.32. The van der Waals surface area contributed by atoms with Gasteiger partial charge in [0, 0.05) is 12.1 Å². The van der Waals surface area contributed by atoms with Gasteiger partial charge in [0.25, 0.3) is 0 Å². The summed E-state index contributed by atoms with van der Waals surface area (Å²) in [7, 11) is 1.63. The molecular weight excluding hydrogens is 216 g/mol. The highest BCUT2D eigenvalue weighted by Gasteiger charge is 2.03. The van der Waals surface area contributed by atoms with Crippen LogP contribution in [0.15, 0.2) is 36.7 Å². The molecule has 4 heteroatoms. The van der Waals surface area contributed by atoms with Crippen molar-refractivity contribution in [1.29, 1.82) is 0 Å². The highest BCUT2D eigenvalue weighted by Crippen LogP contribution is 2.28. The zero-order valence-electron chi connectivity index (χ0n) is 9.81. The SMILES string of the molecule is COc1cc(Oc2cncc(N)c2)ccc1C. The van der Waals surface area contributed by atoms with Crippen molar-refractivity contribution in [2.24, 2.45) is 0 Å². The van der Waals surface area contributed by atoms with Crippen LogP contribution in [0.3, 0.4) is 0 Å². The van der Waals surface area contributed by atoms with E-state index in [1.165, 1.54) is 0 Å². The molecule has 0 aliphatic carbocycles. The van der Waals surface area contributed by atoms with Crippen molar-refractivity contribution in [2.45, 2.75) is 6.92 Å². The van der Waals surface area contributed by atoms with E-state index in [2.05, 4.69) is 4.98 Å². The van der Waals surface area contributed by atoms with E-state index in [-0.39, 0.29) is 0 Å². The number of rotatable bonds is 3. The predicted octanol–water partition coefficient (Wildman–Crippen LogP) is 2.77. The second-order valence-electron chi connectivity index (χ2n) is 3.69. The van der Waals surface area contributed by atoms with Gasteiger partial charge in [-0.3, -0.25) is 4.98 Å². The largest absolute Gasteiger partial charge is 0.496 e. The molecule has 0 fully saturated rings. The number of anilines is 1. The number of hydrogen-bond acceptors (Lipinski definition) is 4. The summed E-state index contributed by atoms with van der Waals surface area (Å²) in [5, 5.41) is 0. The summed E-state index contributed by atoms with van der Waals surface area (Å²) >= 11 is 0. The van der Waals surface area contributed by atoms with Crippen LogP contribution in [0.1, 0.15) is 5.56 Å². The number of aryl methyl sites for hydroxylation is 1. The van der Waals surface area contributed by atoms with Crippen molar-refractivity contribution >= 4 is 5.69 Å². The van der Waals surface area contributed by atoms with E-state index in [9.17, 15) is 0 Å². The number of methoxy groups -OCH3 is 1. The van der Waals surface area contributed by atoms with Gasteiger partial charge in [-0.1, -0.05) is 6.07 Å². The molecule has 0 aliphatic heterocycles. The number of ether oxygens (including phenoxy) is 2. The summed E-state index contributed by atoms with van der Waals surface area (Å²) < 4.78 is 10.9. The highest BCUT2D eigenvalue weighted by molar-refractivity contribution is 5.44. The van der Waals surface area contributed by atoms with Gasteiger partial charge in [-0.25, -0.2) is 0 Å². The Morgan fingerprint density at radius 3 is 2.65 bits per heavy atom. The van der Waals surface area contributed by atoms with Gasteiger partial charge in [0.05, 0.1) is 25.2 Å². The van der Waals surface area contributed by atoms with Crippen LogP contribution in [-0.2, 0) is 0 Å². The molecule has 88 valence electrons. The molecule has 0 unspecified atom stereocenters. The van der Waals surface area contributed by atoms with E-state index in [1.54, 1.807) is 25.6 Å². The molecule has 0 bridgehead atoms. The molecule has 0 radical (unpaired) electrons. The third-order valence-electron chi connectivity index (χ3n) is 2.35. The second-order valence-corrected chi connectivity index (χ2v) is 3.69. The monoisotopic (exact) mass is 230 g/mol. The Balaban J connectivity index is 2.24. The van der Waals surface area contributed by atoms with Gasteiger partial charge in [0.2, 0.25) is 0 Å². The first kappa shape index (κ1) is 11.3. The molecule has 4 nitrogen and oxygen atoms in total. The topological polar surface area (TPSA) is 57.4 Å². The summed E-state index contributed by atoms with van der Waals surface area (Å²) in [6.07, 6.45) is 3.19. The van der Waals surface area contributed by atoms with Crippen LogP contribution in [0.25, 0.3) is 0 Å². The molecule has 2 rings (SSSR count). The first-order chi connectivity index (χ1) is 8.19. The quantitative estimate of drug-likeness (QED) is 0.880. The molecular formula is C13H14N2O2. The number of nitrogens with zero attached hydrogens (tertiary/aromatic N) is 1. The normalized spacial score (nSPS) is 10.0. The van der Waals surface area contributed by atoms with Gasteiger partial charge in [-0.2, -0.15) is 0 Å². The lowest BCUT2D eigenvalue weighted by Gasteiger charge is -2.09. The fraction of sp³-hybridized carbons (Fsp3) is 0.154. The third-order valence-corrected chi connectivity index (χ3v) is 2.35. The van der Waals surface area contributed by atoms with E-state index in [0.29, 0.717) is 17.2 Å². The van der Waals surface area contributed by atoms with E-state index in [1.807, 2.05) is 25.1 Å². The van der Waals surface area contributed by atoms with Crippen LogP contribution in [-0.4, -0.2) is 12.1 Å². The maximum absolute atomic E-state index is 5.63. The number of nitrogens with two attached hydrogens (primary N) is 1. The average molecular weight is 230 g/mol. The first-order valence-electron chi connectivity index (χ1n) is 5.22. The minimum absolute atomic E-state index is 0.571. The molecule has 1 aromatic carbocycles. The van der Waals surface area contributed by atoms with Crippen LogP contribution in [0.5, 0.6) is 17.2 Å². The van der Waals surface area contributed by atoms with Crippen LogP contribution >= 0.6 is 0 Å². The lowest BCUT2D eigenvalue weighted by Crippen LogP contribution is -1.91. The molecule has 0 spiro atoms. The number of nitrogen functional groups attached to an aromatic ring is 1. The van der Waals surface area contributed by atoms with Crippen molar-refractivity contribution in [2.75, 3.05) is 12.8 Å². The molecule has 0 saturated heterocycles. The van der Waals surface area contributed by atoms with Gasteiger partial charge in [0.1, 0.15) is 17.2 Å². The first-order valence-corrected chi connectivity index (χ1v) is 5.22. The number of hydrogen-bond donors (Lipinski definition) is 1. The van der Waals surface area contributed by atoms with Crippen LogP contribution < -0.4 is 15.2 Å². The summed E-state index contributed by atoms with van der Waals surface area (Å²) in [6, 6.07) is 7.37. The number of aromatic nitrogens is 1. The van der Waals surface area contributed by atoms with E-state index in [0.717, 1.165) is 11.3 Å². The Kier molecular flexibility index (Phi) is 3.14. The zero-order valence-corrected chi connectivity index (χ0v) is 9.81. The van der Waals surface area contributed by atoms with Crippen LogP contribution in [0.2, 0.25) is 0 Å². The van der Waals surface area contributed by atoms with Gasteiger partial charge < -0.3 is 15.2 Å². The summed E-state index contributed by atoms with van der Waals surface area (Å²) in [5.41, 5.74) is 7.26. The Labute approximate surface area is 100 Å². The highest BCUT2D eigenvalue weighted by atomic mass is 16.5. The Morgan fingerprint density at radius 1 is 1.12 bits per heavy atom. The molecule has 1 heterocycles. The summed E-state index contributed by atoms with van der Waals surface area (Å²) in [4.78, 5) is 3.96. The predicted molar refractivity (Wildman–Crippen MR) is 66.5 cm³/mol. The molecule has 1 aromatic heterocycles. The van der Waals surface area contributed by atoms with Gasteiger partial charge in [0.15, 0.2) is 0 Å². The maximum Gasteiger partial charge on any atom is 0.147 e. The van der Waals surface area contributed by atoms with Crippen molar-refractivity contribution in [1.82, 2.24) is 4.98 Å². The summed E-state index contributed by atoms with van der Waals surface area (Å²) in [5.74, 6) is 2.09. The second kappa shape index (κ2) is 4.74. The Morgan fingerprint density at radius 2 is 1.94 bits per heavy atom. The van der Waals surface area contributed by atoms with Gasteiger partial charge in [-0.05, 0) is 18.6 Å². The van der Waals surface area contributed by atoms with E-state index in [4.69, 9.17) is 15.2 Å². The molecule has 0 atom stereocenters. The minimum atomic E-state index is 0.571. The van der Waals surface area contributed by atoms with Crippen LogP contribution in [0.4, 0.5) is 5.69 Å². The maximum atomic E-state index is 5.63. The van der Waals surface area contributed by atoms with Crippen molar-refractivity contribution in [3.63, 3.8) is 0 Å². The standard InChI is InChI=1S/C13H14N2O2/c1-9-3-4-11(6-13(9)16-2)17-12-5-10(14)7-15-8-12/h3-8H,14H2,1-2H3. The fourth-order valence-electron chi connectivity index (χ4n) is 1.49. The molecule has 17 heavy (non-hydrogen) atoms. The number of pyridine rings is 1. The lowest BCUT2D eigenvalue weighted by molar-refractivity contribution is 0.406. The smallest absolute Gasteiger partial charge is 0.147 e. The third kappa shape index (κ3) is 2.66. The van der Waals surface area contributed by atoms with Gasteiger partial charge in [-0.15, -0.1) is 0 Å². The molecule has 2 N–H and O–H groups in total. The minimum Gasteiger partial charge on any atom is -0.496 e. The number of benzene rings is 1. The fourth-order valence-corrected chi connectivity index (χ4v) is 1.49. The van der Waals surface area contributed by atoms with E-state index < -0.39 is 0 Å². The van der Waals surface area contributed by atoms with Crippen molar-refractivity contribution in [3.8, 4) is 17.2 Å². The zero-order chi connectivity index (χ0) is 12.3. The van der Waals surface area contributed by atoms with Crippen molar-refractivity contribution in [3.05, 3.63) is 42.2 Å². The summed E-state index contributed by atoms with van der Waals surface area (Å²) in [6.45, 7) is 1.98. The molecule has 0 amide bonds. The van der Waals surface area contributed by atoms with Crippen molar-refractivity contribution < 1.29 is 9.47 Å². The van der Waals surface area contributed by atoms with E-state index >= 15 is 0 Å². The Bertz CT molecular complexity index is 527. The van der Waals surface area contributed by atoms with Gasteiger partial charge >= 0.3 is 0 Å². The lowest BCUT2D eigenvalue weighted by atomic mass is 10.2. The van der Waals surface area contributed by atoms with Crippen LogP contribution in [0, 0.1) is 6.92 Å².